The first kappa shape index (κ1) is 16.3. The highest BCUT2D eigenvalue weighted by Gasteiger charge is 2.24. The Kier molecular flexibility index (Phi) is 5.30. The summed E-state index contributed by atoms with van der Waals surface area (Å²) in [6, 6.07) is 5.89. The van der Waals surface area contributed by atoms with Crippen molar-refractivity contribution >= 4 is 27.5 Å². The van der Waals surface area contributed by atoms with Crippen LogP contribution in [0.4, 0.5) is 0 Å². The highest BCUT2D eigenvalue weighted by atomic mass is 79.9. The van der Waals surface area contributed by atoms with E-state index in [2.05, 4.69) is 40.2 Å². The van der Waals surface area contributed by atoms with E-state index >= 15 is 0 Å². The van der Waals surface area contributed by atoms with Crippen molar-refractivity contribution < 1.29 is 4.74 Å². The Hall–Kier alpha value is -1.04. The van der Waals surface area contributed by atoms with Gasteiger partial charge in [0.2, 0.25) is 0 Å². The first-order chi connectivity index (χ1) is 9.99. The van der Waals surface area contributed by atoms with Gasteiger partial charge in [0.15, 0.2) is 0 Å². The fourth-order valence-corrected chi connectivity index (χ4v) is 3.06. The van der Waals surface area contributed by atoms with Crippen LogP contribution in [0.5, 0.6) is 5.75 Å². The van der Waals surface area contributed by atoms with Crippen molar-refractivity contribution in [3.8, 4) is 5.75 Å². The van der Waals surface area contributed by atoms with Crippen LogP contribution in [0.25, 0.3) is 0 Å². The lowest BCUT2D eigenvalue weighted by atomic mass is 10.0. The zero-order valence-corrected chi connectivity index (χ0v) is 14.9. The highest BCUT2D eigenvalue weighted by molar-refractivity contribution is 9.10. The summed E-state index contributed by atoms with van der Waals surface area (Å²) in [5.74, 6) is 0.755. The average molecular weight is 373 g/mol. The van der Waals surface area contributed by atoms with Crippen molar-refractivity contribution in [3.63, 3.8) is 0 Å². The molecule has 2 rings (SSSR count). The summed E-state index contributed by atoms with van der Waals surface area (Å²) < 4.78 is 8.44. The Morgan fingerprint density at radius 3 is 2.67 bits per heavy atom. The highest BCUT2D eigenvalue weighted by Crippen LogP contribution is 2.35. The standard InChI is InChI=1S/C15H19BrClN3O/c1-9(2)20-15(12(16)8-19-20)14(18-3)11-6-5-10(17)7-13(11)21-4/h5-9,14,18H,1-4H3. The van der Waals surface area contributed by atoms with Gasteiger partial charge < -0.3 is 10.1 Å². The first-order valence-corrected chi connectivity index (χ1v) is 7.90. The molecule has 0 saturated carbocycles. The largest absolute Gasteiger partial charge is 0.496 e. The second-order valence-corrected chi connectivity index (χ2v) is 6.31. The van der Waals surface area contributed by atoms with E-state index in [0.29, 0.717) is 5.02 Å². The van der Waals surface area contributed by atoms with Gasteiger partial charge in [-0.2, -0.15) is 5.10 Å². The molecule has 0 fully saturated rings. The molecule has 6 heteroatoms. The maximum atomic E-state index is 6.05. The second kappa shape index (κ2) is 6.81. The lowest BCUT2D eigenvalue weighted by Gasteiger charge is -2.23. The van der Waals surface area contributed by atoms with Crippen LogP contribution >= 0.6 is 27.5 Å². The molecule has 0 aliphatic rings. The molecular formula is C15H19BrClN3O. The fraction of sp³-hybridized carbons (Fsp3) is 0.400. The third-order valence-electron chi connectivity index (χ3n) is 3.34. The maximum Gasteiger partial charge on any atom is 0.125 e. The molecule has 0 saturated heterocycles. The summed E-state index contributed by atoms with van der Waals surface area (Å²) >= 11 is 9.65. The number of aromatic nitrogens is 2. The van der Waals surface area contributed by atoms with Crippen molar-refractivity contribution in [3.05, 3.63) is 45.1 Å². The number of ether oxygens (including phenoxy) is 1. The molecule has 1 unspecified atom stereocenters. The minimum absolute atomic E-state index is 0.0449. The monoisotopic (exact) mass is 371 g/mol. The molecule has 1 atom stereocenters. The quantitative estimate of drug-likeness (QED) is 0.855. The van der Waals surface area contributed by atoms with E-state index in [1.807, 2.05) is 36.1 Å². The van der Waals surface area contributed by atoms with Crippen molar-refractivity contribution in [2.75, 3.05) is 14.2 Å². The van der Waals surface area contributed by atoms with Crippen molar-refractivity contribution in [1.29, 1.82) is 0 Å². The van der Waals surface area contributed by atoms with Gasteiger partial charge in [0.25, 0.3) is 0 Å². The van der Waals surface area contributed by atoms with Gasteiger partial charge in [-0.1, -0.05) is 17.7 Å². The normalized spacial score (nSPS) is 12.7. The molecule has 1 heterocycles. The van der Waals surface area contributed by atoms with E-state index in [9.17, 15) is 0 Å². The number of hydrogen-bond donors (Lipinski definition) is 1. The summed E-state index contributed by atoms with van der Waals surface area (Å²) in [5, 5.41) is 8.44. The van der Waals surface area contributed by atoms with Crippen molar-refractivity contribution in [2.24, 2.45) is 0 Å². The zero-order valence-electron chi connectivity index (χ0n) is 12.5. The Morgan fingerprint density at radius 1 is 1.38 bits per heavy atom. The van der Waals surface area contributed by atoms with Gasteiger partial charge in [-0.3, -0.25) is 4.68 Å². The van der Waals surface area contributed by atoms with Gasteiger partial charge in [-0.05, 0) is 49.0 Å². The van der Waals surface area contributed by atoms with Crippen LogP contribution in [-0.2, 0) is 0 Å². The molecule has 1 N–H and O–H groups in total. The van der Waals surface area contributed by atoms with Gasteiger partial charge in [0.05, 0.1) is 29.5 Å². The van der Waals surface area contributed by atoms with E-state index in [-0.39, 0.29) is 12.1 Å². The average Bonchev–Trinajstić information content (AvgIpc) is 2.83. The zero-order chi connectivity index (χ0) is 15.6. The molecule has 0 aliphatic carbocycles. The number of nitrogens with one attached hydrogen (secondary N) is 1. The maximum absolute atomic E-state index is 6.05. The lowest BCUT2D eigenvalue weighted by Crippen LogP contribution is -2.23. The van der Waals surface area contributed by atoms with Gasteiger partial charge in [0.1, 0.15) is 5.75 Å². The Morgan fingerprint density at radius 2 is 2.10 bits per heavy atom. The Bertz CT molecular complexity index is 627. The van der Waals surface area contributed by atoms with Crippen molar-refractivity contribution in [1.82, 2.24) is 15.1 Å². The number of hydrogen-bond acceptors (Lipinski definition) is 3. The van der Waals surface area contributed by atoms with Crippen molar-refractivity contribution in [2.45, 2.75) is 25.9 Å². The van der Waals surface area contributed by atoms with Crippen LogP contribution in [0.2, 0.25) is 5.02 Å². The van der Waals surface area contributed by atoms with Crippen LogP contribution in [0.1, 0.15) is 37.2 Å². The van der Waals surface area contributed by atoms with E-state index in [1.54, 1.807) is 7.11 Å². The van der Waals surface area contributed by atoms with E-state index in [1.165, 1.54) is 0 Å². The van der Waals surface area contributed by atoms with Crippen LogP contribution in [0.3, 0.4) is 0 Å². The molecule has 4 nitrogen and oxygen atoms in total. The van der Waals surface area contributed by atoms with Gasteiger partial charge >= 0.3 is 0 Å². The Labute approximate surface area is 138 Å². The molecule has 1 aromatic carbocycles. The summed E-state index contributed by atoms with van der Waals surface area (Å²) in [6.07, 6.45) is 1.82. The van der Waals surface area contributed by atoms with Crippen LogP contribution in [-0.4, -0.2) is 23.9 Å². The third-order valence-corrected chi connectivity index (χ3v) is 4.19. The van der Waals surface area contributed by atoms with E-state index in [4.69, 9.17) is 16.3 Å². The van der Waals surface area contributed by atoms with Crippen LogP contribution < -0.4 is 10.1 Å². The SMILES string of the molecule is CNC(c1ccc(Cl)cc1OC)c1c(Br)cnn1C(C)C. The number of halogens is 2. The molecule has 114 valence electrons. The second-order valence-electron chi connectivity index (χ2n) is 5.02. The van der Waals surface area contributed by atoms with E-state index in [0.717, 1.165) is 21.5 Å². The fourth-order valence-electron chi connectivity index (χ4n) is 2.40. The summed E-state index contributed by atoms with van der Waals surface area (Å²) in [7, 11) is 3.57. The molecule has 0 aliphatic heterocycles. The number of nitrogens with zero attached hydrogens (tertiary/aromatic N) is 2. The number of benzene rings is 1. The molecule has 0 radical (unpaired) electrons. The molecule has 1 aromatic heterocycles. The van der Waals surface area contributed by atoms with Gasteiger partial charge in [0, 0.05) is 16.6 Å². The predicted molar refractivity (Wildman–Crippen MR) is 89.2 cm³/mol. The molecule has 0 amide bonds. The molecular weight excluding hydrogens is 354 g/mol. The van der Waals surface area contributed by atoms with Crippen LogP contribution in [0, 0.1) is 0 Å². The van der Waals surface area contributed by atoms with E-state index < -0.39 is 0 Å². The summed E-state index contributed by atoms with van der Waals surface area (Å²) in [5.41, 5.74) is 2.08. The summed E-state index contributed by atoms with van der Waals surface area (Å²) in [4.78, 5) is 0. The van der Waals surface area contributed by atoms with Gasteiger partial charge in [-0.15, -0.1) is 0 Å². The van der Waals surface area contributed by atoms with Gasteiger partial charge in [-0.25, -0.2) is 0 Å². The number of rotatable bonds is 5. The molecule has 0 bridgehead atoms. The molecule has 0 spiro atoms. The lowest BCUT2D eigenvalue weighted by molar-refractivity contribution is 0.401. The van der Waals surface area contributed by atoms with Crippen LogP contribution in [0.15, 0.2) is 28.9 Å². The smallest absolute Gasteiger partial charge is 0.125 e. The molecule has 21 heavy (non-hydrogen) atoms. The predicted octanol–water partition coefficient (Wildman–Crippen LogP) is 4.20. The minimum atomic E-state index is -0.0449. The topological polar surface area (TPSA) is 39.1 Å². The minimum Gasteiger partial charge on any atom is -0.496 e. The number of methoxy groups -OCH3 is 1. The Balaban J connectivity index is 2.57. The third kappa shape index (κ3) is 3.25. The molecule has 2 aromatic rings. The first-order valence-electron chi connectivity index (χ1n) is 6.73. The summed E-state index contributed by atoms with van der Waals surface area (Å²) in [6.45, 7) is 4.21.